The number of thioether (sulfide) groups is 1. The minimum Gasteiger partial charge on any atom is -0.465 e. The quantitative estimate of drug-likeness (QED) is 0.858. The van der Waals surface area contributed by atoms with Crippen LogP contribution < -0.4 is 5.32 Å². The third kappa shape index (κ3) is 2.79. The molecule has 20 heavy (non-hydrogen) atoms. The molecule has 3 rings (SSSR count). The van der Waals surface area contributed by atoms with Gasteiger partial charge in [-0.05, 0) is 36.0 Å². The van der Waals surface area contributed by atoms with Gasteiger partial charge in [0.1, 0.15) is 5.76 Å². The maximum atomic E-state index is 11.8. The van der Waals surface area contributed by atoms with Gasteiger partial charge in [-0.2, -0.15) is 0 Å². The van der Waals surface area contributed by atoms with Gasteiger partial charge in [0.25, 0.3) is 5.91 Å². The van der Waals surface area contributed by atoms with E-state index >= 15 is 0 Å². The number of hydrogen-bond acceptors (Lipinski definition) is 4. The van der Waals surface area contributed by atoms with Crippen molar-refractivity contribution in [2.24, 2.45) is 4.99 Å². The average Bonchev–Trinajstić information content (AvgIpc) is 3.04. The third-order valence-electron chi connectivity index (χ3n) is 2.54. The molecule has 1 saturated heterocycles. The first-order valence-corrected chi connectivity index (χ1v) is 6.99. The Balaban J connectivity index is 1.85. The van der Waals surface area contributed by atoms with Crippen LogP contribution in [0.25, 0.3) is 6.08 Å². The molecule has 1 aliphatic heterocycles. The molecule has 1 amide bonds. The Kier molecular flexibility index (Phi) is 3.62. The number of rotatable bonds is 2. The van der Waals surface area contributed by atoms with E-state index < -0.39 is 0 Å². The summed E-state index contributed by atoms with van der Waals surface area (Å²) in [5.74, 6) is 0.429. The molecule has 0 aliphatic carbocycles. The number of carbonyl (C=O) groups is 1. The lowest BCUT2D eigenvalue weighted by atomic mass is 10.3. The van der Waals surface area contributed by atoms with E-state index in [1.54, 1.807) is 36.6 Å². The van der Waals surface area contributed by atoms with Gasteiger partial charge in [-0.15, -0.1) is 0 Å². The molecule has 1 aromatic carbocycles. The average molecular weight is 305 g/mol. The Morgan fingerprint density at radius 3 is 2.85 bits per heavy atom. The summed E-state index contributed by atoms with van der Waals surface area (Å²) in [6.45, 7) is 0. The van der Waals surface area contributed by atoms with Crippen LogP contribution in [0.15, 0.2) is 57.0 Å². The van der Waals surface area contributed by atoms with E-state index in [4.69, 9.17) is 16.0 Å². The minimum atomic E-state index is -0.197. The van der Waals surface area contributed by atoms with Gasteiger partial charge in [-0.3, -0.25) is 4.79 Å². The molecule has 0 saturated carbocycles. The lowest BCUT2D eigenvalue weighted by molar-refractivity contribution is -0.115. The summed E-state index contributed by atoms with van der Waals surface area (Å²) in [5.41, 5.74) is 0.621. The van der Waals surface area contributed by atoms with Crippen molar-refractivity contribution < 1.29 is 9.21 Å². The molecule has 100 valence electrons. The largest absolute Gasteiger partial charge is 0.465 e. The van der Waals surface area contributed by atoms with Gasteiger partial charge in [-0.25, -0.2) is 4.99 Å². The Morgan fingerprint density at radius 2 is 2.10 bits per heavy atom. The molecule has 0 radical (unpaired) electrons. The molecule has 0 spiro atoms. The zero-order valence-corrected chi connectivity index (χ0v) is 11.7. The Hall–Kier alpha value is -1.98. The summed E-state index contributed by atoms with van der Waals surface area (Å²) in [6.07, 6.45) is 3.23. The number of para-hydroxylation sites is 1. The van der Waals surface area contributed by atoms with Crippen LogP contribution >= 0.6 is 23.4 Å². The van der Waals surface area contributed by atoms with Crippen molar-refractivity contribution in [2.75, 3.05) is 0 Å². The fourth-order valence-electron chi connectivity index (χ4n) is 1.63. The Morgan fingerprint density at radius 1 is 1.25 bits per heavy atom. The normalized spacial score (nSPS) is 18.8. The zero-order valence-electron chi connectivity index (χ0n) is 10.2. The van der Waals surface area contributed by atoms with Crippen LogP contribution in [0.1, 0.15) is 5.76 Å². The predicted octanol–water partition coefficient (Wildman–Crippen LogP) is 3.82. The first kappa shape index (κ1) is 13.0. The zero-order chi connectivity index (χ0) is 13.9. The number of amides is 1. The molecule has 1 fully saturated rings. The highest BCUT2D eigenvalue weighted by Gasteiger charge is 2.24. The molecule has 2 aromatic rings. The van der Waals surface area contributed by atoms with Crippen LogP contribution in [0.5, 0.6) is 0 Å². The number of furan rings is 1. The van der Waals surface area contributed by atoms with E-state index in [0.717, 1.165) is 0 Å². The number of aliphatic imine (C=N–C) groups is 1. The summed E-state index contributed by atoms with van der Waals surface area (Å²) in [4.78, 5) is 16.7. The molecule has 6 heteroatoms. The van der Waals surface area contributed by atoms with Gasteiger partial charge >= 0.3 is 0 Å². The summed E-state index contributed by atoms with van der Waals surface area (Å²) in [6, 6.07) is 10.8. The first-order chi connectivity index (χ1) is 9.72. The molecule has 0 unspecified atom stereocenters. The number of amidine groups is 1. The standard InChI is InChI=1S/C14H9ClN2O2S/c15-10-5-1-2-6-11(10)16-14-17-13(18)12(20-14)8-9-4-3-7-19-9/h1-8H,(H,16,17,18). The molecule has 4 nitrogen and oxygen atoms in total. The molecular formula is C14H9ClN2O2S. The van der Waals surface area contributed by atoms with Crippen molar-refractivity contribution in [1.82, 2.24) is 5.32 Å². The van der Waals surface area contributed by atoms with Gasteiger partial charge in [0, 0.05) is 6.08 Å². The van der Waals surface area contributed by atoms with Gasteiger partial charge in [0.15, 0.2) is 5.17 Å². The fourth-order valence-corrected chi connectivity index (χ4v) is 2.63. The molecule has 1 aromatic heterocycles. The number of benzene rings is 1. The predicted molar refractivity (Wildman–Crippen MR) is 81.0 cm³/mol. The van der Waals surface area contributed by atoms with Crippen LogP contribution in [-0.2, 0) is 4.79 Å². The van der Waals surface area contributed by atoms with Crippen LogP contribution in [0, 0.1) is 0 Å². The van der Waals surface area contributed by atoms with Crippen LogP contribution in [-0.4, -0.2) is 11.1 Å². The van der Waals surface area contributed by atoms with Gasteiger partial charge in [0.05, 0.1) is 21.9 Å². The van der Waals surface area contributed by atoms with Crippen molar-refractivity contribution in [1.29, 1.82) is 0 Å². The van der Waals surface area contributed by atoms with Crippen molar-refractivity contribution in [3.8, 4) is 0 Å². The van der Waals surface area contributed by atoms with Gasteiger partial charge < -0.3 is 9.73 Å². The highest BCUT2D eigenvalue weighted by atomic mass is 35.5. The fraction of sp³-hybridized carbons (Fsp3) is 0. The lowest BCUT2D eigenvalue weighted by Crippen LogP contribution is -2.19. The lowest BCUT2D eigenvalue weighted by Gasteiger charge is -1.98. The second kappa shape index (κ2) is 5.56. The minimum absolute atomic E-state index is 0.197. The van der Waals surface area contributed by atoms with Crippen LogP contribution in [0.2, 0.25) is 5.02 Å². The van der Waals surface area contributed by atoms with Crippen molar-refractivity contribution >= 4 is 46.2 Å². The Bertz CT molecular complexity index is 708. The van der Waals surface area contributed by atoms with E-state index in [1.165, 1.54) is 11.8 Å². The molecule has 0 atom stereocenters. The van der Waals surface area contributed by atoms with E-state index in [2.05, 4.69) is 10.3 Å². The first-order valence-electron chi connectivity index (χ1n) is 5.80. The molecule has 1 N–H and O–H groups in total. The van der Waals surface area contributed by atoms with E-state index in [0.29, 0.717) is 26.5 Å². The maximum absolute atomic E-state index is 11.8. The van der Waals surface area contributed by atoms with Crippen LogP contribution in [0.4, 0.5) is 5.69 Å². The van der Waals surface area contributed by atoms with E-state index in [9.17, 15) is 4.79 Å². The number of nitrogens with zero attached hydrogens (tertiary/aromatic N) is 1. The summed E-state index contributed by atoms with van der Waals surface area (Å²) < 4.78 is 5.19. The van der Waals surface area contributed by atoms with E-state index in [-0.39, 0.29) is 5.91 Å². The number of halogens is 1. The van der Waals surface area contributed by atoms with Crippen molar-refractivity contribution in [3.05, 3.63) is 58.3 Å². The summed E-state index contributed by atoms with van der Waals surface area (Å²) in [7, 11) is 0. The SMILES string of the molecule is O=C1NC(=Nc2ccccc2Cl)SC1=Cc1ccco1. The number of carbonyl (C=O) groups excluding carboxylic acids is 1. The topological polar surface area (TPSA) is 54.6 Å². The van der Waals surface area contributed by atoms with Crippen LogP contribution in [0.3, 0.4) is 0 Å². The van der Waals surface area contributed by atoms with E-state index in [1.807, 2.05) is 12.1 Å². The monoisotopic (exact) mass is 304 g/mol. The summed E-state index contributed by atoms with van der Waals surface area (Å²) >= 11 is 7.28. The highest BCUT2D eigenvalue weighted by molar-refractivity contribution is 8.18. The second-order valence-electron chi connectivity index (χ2n) is 3.95. The van der Waals surface area contributed by atoms with Gasteiger partial charge in [-0.1, -0.05) is 23.7 Å². The van der Waals surface area contributed by atoms with Crippen molar-refractivity contribution in [2.45, 2.75) is 0 Å². The maximum Gasteiger partial charge on any atom is 0.264 e. The second-order valence-corrected chi connectivity index (χ2v) is 5.39. The number of nitrogens with one attached hydrogen (secondary N) is 1. The smallest absolute Gasteiger partial charge is 0.264 e. The molecule has 1 aliphatic rings. The number of hydrogen-bond donors (Lipinski definition) is 1. The third-order valence-corrected chi connectivity index (χ3v) is 3.77. The Labute approximate surface area is 124 Å². The summed E-state index contributed by atoms with van der Waals surface area (Å²) in [5, 5.41) is 3.74. The molecule has 2 heterocycles. The molecular weight excluding hydrogens is 296 g/mol. The van der Waals surface area contributed by atoms with Gasteiger partial charge in [0.2, 0.25) is 0 Å². The van der Waals surface area contributed by atoms with Crippen molar-refractivity contribution in [3.63, 3.8) is 0 Å². The highest BCUT2D eigenvalue weighted by Crippen LogP contribution is 2.30. The molecule has 0 bridgehead atoms.